The lowest BCUT2D eigenvalue weighted by molar-refractivity contribution is 0.436. The zero-order valence-electron chi connectivity index (χ0n) is 38.0. The first kappa shape index (κ1) is 38.4. The van der Waals surface area contributed by atoms with E-state index in [1.165, 1.54) is 21.5 Å². The zero-order chi connectivity index (χ0) is 46.4. The SMILES string of the molecule is c1ccc2c(c1)Oc1cc(-n3c4ccccc4c4ccccc43)ccc1C21c2cccnc2-c2ncc(-c3ccc4c(c3)c3ccccc3n4-c3ncccc3-n3c4ccccc4c4ccccc43)cc21. The number of fused-ring (bicyclic) bond motifs is 18. The Kier molecular flexibility index (Phi) is 7.69. The molecule has 1 atom stereocenters. The Morgan fingerprint density at radius 2 is 0.873 bits per heavy atom. The third-order valence-electron chi connectivity index (χ3n) is 15.3. The second-order valence-corrected chi connectivity index (χ2v) is 18.7. The van der Waals surface area contributed by atoms with Crippen molar-refractivity contribution in [2.45, 2.75) is 5.41 Å². The van der Waals surface area contributed by atoms with Crippen LogP contribution < -0.4 is 4.74 Å². The molecule has 1 aliphatic carbocycles. The molecule has 14 aromatic rings. The molecular formula is C64H38N6O. The number of nitrogens with zero attached hydrogens (tertiary/aromatic N) is 6. The van der Waals surface area contributed by atoms with Crippen molar-refractivity contribution in [1.29, 1.82) is 0 Å². The molecule has 6 aromatic heterocycles. The Morgan fingerprint density at radius 3 is 1.58 bits per heavy atom. The summed E-state index contributed by atoms with van der Waals surface area (Å²) in [7, 11) is 0. The second-order valence-electron chi connectivity index (χ2n) is 18.7. The molecule has 330 valence electrons. The summed E-state index contributed by atoms with van der Waals surface area (Å²) in [6.45, 7) is 0. The van der Waals surface area contributed by atoms with Crippen molar-refractivity contribution >= 4 is 65.4 Å². The molecule has 16 rings (SSSR count). The van der Waals surface area contributed by atoms with Gasteiger partial charge in [0.05, 0.1) is 55.6 Å². The molecule has 0 saturated carbocycles. The molecule has 0 fully saturated rings. The number of benzene rings is 8. The van der Waals surface area contributed by atoms with Gasteiger partial charge >= 0.3 is 0 Å². The van der Waals surface area contributed by atoms with Gasteiger partial charge in [0.2, 0.25) is 0 Å². The summed E-state index contributed by atoms with van der Waals surface area (Å²) in [6.07, 6.45) is 5.80. The fraction of sp³-hybridized carbons (Fsp3) is 0.0156. The van der Waals surface area contributed by atoms with Crippen molar-refractivity contribution in [1.82, 2.24) is 28.7 Å². The van der Waals surface area contributed by atoms with Crippen LogP contribution in [0.4, 0.5) is 0 Å². The van der Waals surface area contributed by atoms with E-state index in [9.17, 15) is 0 Å². The molecule has 0 amide bonds. The van der Waals surface area contributed by atoms with Crippen LogP contribution in [-0.2, 0) is 5.41 Å². The maximum atomic E-state index is 7.01. The minimum Gasteiger partial charge on any atom is -0.457 e. The summed E-state index contributed by atoms with van der Waals surface area (Å²) in [5.41, 5.74) is 16.2. The summed E-state index contributed by atoms with van der Waals surface area (Å²) >= 11 is 0. The lowest BCUT2D eigenvalue weighted by Gasteiger charge is -2.39. The van der Waals surface area contributed by atoms with Crippen LogP contribution in [0.5, 0.6) is 11.5 Å². The average molecular weight is 907 g/mol. The monoisotopic (exact) mass is 906 g/mol. The highest BCUT2D eigenvalue weighted by atomic mass is 16.5. The maximum absolute atomic E-state index is 7.01. The van der Waals surface area contributed by atoms with Crippen molar-refractivity contribution in [2.75, 3.05) is 0 Å². The maximum Gasteiger partial charge on any atom is 0.162 e. The van der Waals surface area contributed by atoms with Gasteiger partial charge in [-0.2, -0.15) is 0 Å². The third-order valence-corrected chi connectivity index (χ3v) is 15.3. The minimum absolute atomic E-state index is 0.756. The van der Waals surface area contributed by atoms with Crippen molar-refractivity contribution in [3.8, 4) is 51.2 Å². The zero-order valence-corrected chi connectivity index (χ0v) is 38.0. The predicted molar refractivity (Wildman–Crippen MR) is 286 cm³/mol. The number of pyridine rings is 3. The Labute approximate surface area is 406 Å². The van der Waals surface area contributed by atoms with Crippen LogP contribution in [0.3, 0.4) is 0 Å². The van der Waals surface area contributed by atoms with Crippen LogP contribution in [0.15, 0.2) is 231 Å². The largest absolute Gasteiger partial charge is 0.457 e. The normalized spacial score (nSPS) is 14.6. The molecular weight excluding hydrogens is 869 g/mol. The molecule has 0 saturated heterocycles. The molecule has 1 spiro atoms. The Bertz CT molecular complexity index is 4490. The van der Waals surface area contributed by atoms with E-state index < -0.39 is 5.41 Å². The van der Waals surface area contributed by atoms with Gasteiger partial charge in [0.25, 0.3) is 0 Å². The van der Waals surface area contributed by atoms with E-state index in [4.69, 9.17) is 19.7 Å². The average Bonchev–Trinajstić information content (AvgIpc) is 4.15. The molecule has 1 aliphatic heterocycles. The molecule has 0 radical (unpaired) electrons. The van der Waals surface area contributed by atoms with Crippen LogP contribution in [-0.4, -0.2) is 28.7 Å². The molecule has 7 heteroatoms. The van der Waals surface area contributed by atoms with Gasteiger partial charge < -0.3 is 13.9 Å². The second kappa shape index (κ2) is 14.2. The quantitative estimate of drug-likeness (QED) is 0.176. The van der Waals surface area contributed by atoms with Crippen LogP contribution in [0.25, 0.3) is 105 Å². The van der Waals surface area contributed by atoms with Crippen LogP contribution >= 0.6 is 0 Å². The van der Waals surface area contributed by atoms with Gasteiger partial charge in [-0.3, -0.25) is 14.5 Å². The van der Waals surface area contributed by atoms with E-state index in [0.29, 0.717) is 0 Å². The first-order valence-corrected chi connectivity index (χ1v) is 24.1. The number of para-hydroxylation sites is 6. The molecule has 1 unspecified atom stereocenters. The van der Waals surface area contributed by atoms with E-state index in [1.54, 1.807) is 0 Å². The summed E-state index contributed by atoms with van der Waals surface area (Å²) in [5.74, 6) is 2.49. The van der Waals surface area contributed by atoms with E-state index in [-0.39, 0.29) is 0 Å². The van der Waals surface area contributed by atoms with Gasteiger partial charge in [0.15, 0.2) is 5.82 Å². The number of rotatable bonds is 4. The number of ether oxygens (including phenoxy) is 1. The number of hydrogen-bond acceptors (Lipinski definition) is 4. The number of aromatic nitrogens is 6. The third kappa shape index (κ3) is 5.08. The topological polar surface area (TPSA) is 62.7 Å². The highest BCUT2D eigenvalue weighted by Gasteiger charge is 2.52. The van der Waals surface area contributed by atoms with Crippen LogP contribution in [0, 0.1) is 0 Å². The molecule has 0 N–H and O–H groups in total. The molecule has 71 heavy (non-hydrogen) atoms. The molecule has 8 aromatic carbocycles. The number of hydrogen-bond donors (Lipinski definition) is 0. The minimum atomic E-state index is -0.756. The standard InChI is InChI=1S/C64H38N6O/c1-7-22-52-42(15-1)43-16-2-8-23-53(43)68(52)41-30-31-49-60(37-41)71-59-28-12-6-20-48(59)64(49)50-21-13-33-65-61(50)62-51(64)36-40(38-67-62)39-29-32-57-47(35-39)46-19-5-11-26-56(46)70(57)63-58(27-14-34-66-63)69-54-24-9-3-17-44(54)45-18-4-10-25-55(45)69/h1-38H. The Morgan fingerprint density at radius 1 is 0.338 bits per heavy atom. The van der Waals surface area contributed by atoms with Gasteiger partial charge in [-0.25, -0.2) is 4.98 Å². The van der Waals surface area contributed by atoms with E-state index in [1.807, 2.05) is 24.7 Å². The first-order chi connectivity index (χ1) is 35.2. The Hall–Kier alpha value is -9.59. The first-order valence-electron chi connectivity index (χ1n) is 24.1. The molecule has 2 aliphatic rings. The molecule has 7 heterocycles. The van der Waals surface area contributed by atoms with Gasteiger partial charge in [0, 0.05) is 84.9 Å². The molecule has 0 bridgehead atoms. The Balaban J connectivity index is 0.897. The van der Waals surface area contributed by atoms with Gasteiger partial charge in [-0.05, 0) is 90.0 Å². The highest BCUT2D eigenvalue weighted by Crippen LogP contribution is 2.62. The smallest absolute Gasteiger partial charge is 0.162 e. The van der Waals surface area contributed by atoms with Crippen molar-refractivity contribution in [3.63, 3.8) is 0 Å². The van der Waals surface area contributed by atoms with E-state index >= 15 is 0 Å². The molecule has 7 nitrogen and oxygen atoms in total. The highest BCUT2D eigenvalue weighted by molar-refractivity contribution is 6.12. The predicted octanol–water partition coefficient (Wildman–Crippen LogP) is 15.3. The lowest BCUT2D eigenvalue weighted by atomic mass is 9.66. The van der Waals surface area contributed by atoms with Gasteiger partial charge in [-0.1, -0.05) is 127 Å². The summed E-state index contributed by atoms with van der Waals surface area (Å²) in [5, 5.41) is 7.15. The van der Waals surface area contributed by atoms with E-state index in [0.717, 1.165) is 117 Å². The van der Waals surface area contributed by atoms with Gasteiger partial charge in [0.1, 0.15) is 11.5 Å². The van der Waals surface area contributed by atoms with Crippen molar-refractivity contribution < 1.29 is 4.74 Å². The summed E-state index contributed by atoms with van der Waals surface area (Å²) in [4.78, 5) is 15.6. The van der Waals surface area contributed by atoms with Crippen LogP contribution in [0.2, 0.25) is 0 Å². The van der Waals surface area contributed by atoms with Crippen LogP contribution in [0.1, 0.15) is 22.3 Å². The van der Waals surface area contributed by atoms with E-state index in [2.05, 4.69) is 220 Å². The fourth-order valence-corrected chi connectivity index (χ4v) is 12.4. The van der Waals surface area contributed by atoms with Crippen molar-refractivity contribution in [2.24, 2.45) is 0 Å². The van der Waals surface area contributed by atoms with Crippen molar-refractivity contribution in [3.05, 3.63) is 253 Å². The summed E-state index contributed by atoms with van der Waals surface area (Å²) < 4.78 is 14.1. The lowest BCUT2D eigenvalue weighted by Crippen LogP contribution is -2.32. The summed E-state index contributed by atoms with van der Waals surface area (Å²) in [6, 6.07) is 76.1. The van der Waals surface area contributed by atoms with Gasteiger partial charge in [-0.15, -0.1) is 0 Å². The fourth-order valence-electron chi connectivity index (χ4n) is 12.4.